The van der Waals surface area contributed by atoms with Crippen molar-refractivity contribution in [1.29, 1.82) is 0 Å². The van der Waals surface area contributed by atoms with Gasteiger partial charge < -0.3 is 9.84 Å². The second-order valence-electron chi connectivity index (χ2n) is 6.21. The van der Waals surface area contributed by atoms with Crippen molar-refractivity contribution in [3.05, 3.63) is 46.0 Å². The Bertz CT molecular complexity index is 634. The molecule has 3 rings (SSSR count). The van der Waals surface area contributed by atoms with E-state index < -0.39 is 0 Å². The van der Waals surface area contributed by atoms with Crippen molar-refractivity contribution in [3.63, 3.8) is 0 Å². The van der Waals surface area contributed by atoms with Gasteiger partial charge in [-0.25, -0.2) is 0 Å². The van der Waals surface area contributed by atoms with E-state index in [1.807, 2.05) is 7.05 Å². The summed E-state index contributed by atoms with van der Waals surface area (Å²) >= 11 is 3.58. The van der Waals surface area contributed by atoms with Crippen LogP contribution in [0, 0.1) is 0 Å². The number of nitrogens with zero attached hydrogens (tertiary/aromatic N) is 2. The van der Waals surface area contributed by atoms with E-state index >= 15 is 0 Å². The van der Waals surface area contributed by atoms with Gasteiger partial charge in [0.05, 0.1) is 5.41 Å². The maximum absolute atomic E-state index is 5.69. The van der Waals surface area contributed by atoms with Crippen LogP contribution in [0.3, 0.4) is 0 Å². The standard InChI is InChI=1S/C17H22BrN3O/c1-12(19-2)10-15-20-16(22-21-15)17(8-3-4-9-17)13-6-5-7-14(18)11-13/h5-7,11-12,19H,3-4,8-10H2,1-2H3. The Morgan fingerprint density at radius 3 is 2.82 bits per heavy atom. The molecule has 1 aliphatic carbocycles. The molecule has 0 saturated heterocycles. The minimum Gasteiger partial charge on any atom is -0.338 e. The molecule has 118 valence electrons. The molecule has 1 aliphatic rings. The van der Waals surface area contributed by atoms with Crippen LogP contribution in [0.25, 0.3) is 0 Å². The van der Waals surface area contributed by atoms with Crippen molar-refractivity contribution in [2.24, 2.45) is 0 Å². The molecule has 2 aromatic rings. The zero-order valence-corrected chi connectivity index (χ0v) is 14.7. The van der Waals surface area contributed by atoms with Gasteiger partial charge in [-0.1, -0.05) is 46.1 Å². The number of likely N-dealkylation sites (N-methyl/N-ethyl adjacent to an activating group) is 1. The quantitative estimate of drug-likeness (QED) is 0.876. The summed E-state index contributed by atoms with van der Waals surface area (Å²) in [5.41, 5.74) is 1.16. The van der Waals surface area contributed by atoms with Crippen molar-refractivity contribution in [3.8, 4) is 0 Å². The third kappa shape index (κ3) is 2.97. The summed E-state index contributed by atoms with van der Waals surface area (Å²) in [6, 6.07) is 8.84. The highest BCUT2D eigenvalue weighted by molar-refractivity contribution is 9.10. The first-order chi connectivity index (χ1) is 10.6. The molecule has 1 unspecified atom stereocenters. The fraction of sp³-hybridized carbons (Fsp3) is 0.529. The van der Waals surface area contributed by atoms with Gasteiger partial charge in [-0.2, -0.15) is 4.98 Å². The number of nitrogens with one attached hydrogen (secondary N) is 1. The summed E-state index contributed by atoms with van der Waals surface area (Å²) in [4.78, 5) is 4.73. The molecule has 1 fully saturated rings. The van der Waals surface area contributed by atoms with E-state index in [-0.39, 0.29) is 5.41 Å². The van der Waals surface area contributed by atoms with Crippen LogP contribution in [-0.2, 0) is 11.8 Å². The number of hydrogen-bond donors (Lipinski definition) is 1. The van der Waals surface area contributed by atoms with E-state index in [1.54, 1.807) is 0 Å². The van der Waals surface area contributed by atoms with Crippen LogP contribution in [0.15, 0.2) is 33.3 Å². The lowest BCUT2D eigenvalue weighted by molar-refractivity contribution is 0.308. The highest BCUT2D eigenvalue weighted by Crippen LogP contribution is 2.46. The smallest absolute Gasteiger partial charge is 0.237 e. The van der Waals surface area contributed by atoms with E-state index in [0.717, 1.165) is 35.5 Å². The van der Waals surface area contributed by atoms with Crippen LogP contribution in [0.5, 0.6) is 0 Å². The third-order valence-electron chi connectivity index (χ3n) is 4.69. The van der Waals surface area contributed by atoms with Crippen LogP contribution in [0.2, 0.25) is 0 Å². The SMILES string of the molecule is CNC(C)Cc1noc(C2(c3cccc(Br)c3)CCCC2)n1. The molecule has 0 radical (unpaired) electrons. The highest BCUT2D eigenvalue weighted by atomic mass is 79.9. The van der Waals surface area contributed by atoms with Gasteiger partial charge in [0.15, 0.2) is 5.82 Å². The predicted molar refractivity (Wildman–Crippen MR) is 89.9 cm³/mol. The maximum atomic E-state index is 5.69. The Morgan fingerprint density at radius 1 is 1.36 bits per heavy atom. The van der Waals surface area contributed by atoms with Crippen molar-refractivity contribution < 1.29 is 4.52 Å². The lowest BCUT2D eigenvalue weighted by Crippen LogP contribution is -2.25. The molecular weight excluding hydrogens is 342 g/mol. The molecule has 0 amide bonds. The molecule has 1 N–H and O–H groups in total. The zero-order chi connectivity index (χ0) is 15.6. The molecule has 5 heteroatoms. The van der Waals surface area contributed by atoms with Gasteiger partial charge >= 0.3 is 0 Å². The summed E-state index contributed by atoms with van der Waals surface area (Å²) in [5.74, 6) is 1.57. The maximum Gasteiger partial charge on any atom is 0.237 e. The summed E-state index contributed by atoms with van der Waals surface area (Å²) in [6.45, 7) is 2.12. The minimum absolute atomic E-state index is 0.113. The molecule has 4 nitrogen and oxygen atoms in total. The van der Waals surface area contributed by atoms with Gasteiger partial charge in [0.2, 0.25) is 5.89 Å². The van der Waals surface area contributed by atoms with E-state index in [4.69, 9.17) is 9.51 Å². The molecule has 1 aromatic heterocycles. The number of aromatic nitrogens is 2. The largest absolute Gasteiger partial charge is 0.338 e. The van der Waals surface area contributed by atoms with E-state index in [1.165, 1.54) is 18.4 Å². The molecule has 0 spiro atoms. The Hall–Kier alpha value is -1.20. The van der Waals surface area contributed by atoms with Gasteiger partial charge in [0, 0.05) is 16.9 Å². The van der Waals surface area contributed by atoms with E-state index in [0.29, 0.717) is 6.04 Å². The summed E-state index contributed by atoms with van der Waals surface area (Å²) in [7, 11) is 1.95. The molecule has 22 heavy (non-hydrogen) atoms. The van der Waals surface area contributed by atoms with Crippen LogP contribution in [0.1, 0.15) is 49.9 Å². The van der Waals surface area contributed by atoms with Gasteiger partial charge in [-0.3, -0.25) is 0 Å². The van der Waals surface area contributed by atoms with E-state index in [2.05, 4.69) is 57.6 Å². The lowest BCUT2D eigenvalue weighted by Gasteiger charge is -2.25. The molecular formula is C17H22BrN3O. The van der Waals surface area contributed by atoms with Crippen molar-refractivity contribution >= 4 is 15.9 Å². The topological polar surface area (TPSA) is 51.0 Å². The number of rotatable bonds is 5. The first-order valence-corrected chi connectivity index (χ1v) is 8.70. The van der Waals surface area contributed by atoms with Crippen molar-refractivity contribution in [2.45, 2.75) is 50.5 Å². The average Bonchev–Trinajstić information content (AvgIpc) is 3.16. The second kappa shape index (κ2) is 6.50. The zero-order valence-electron chi connectivity index (χ0n) is 13.1. The van der Waals surface area contributed by atoms with Gasteiger partial charge in [0.1, 0.15) is 0 Å². The van der Waals surface area contributed by atoms with Crippen LogP contribution in [-0.4, -0.2) is 23.2 Å². The fourth-order valence-corrected chi connectivity index (χ4v) is 3.70. The Morgan fingerprint density at radius 2 is 2.14 bits per heavy atom. The Labute approximate surface area is 139 Å². The first kappa shape index (κ1) is 15.7. The third-order valence-corrected chi connectivity index (χ3v) is 5.19. The fourth-order valence-electron chi connectivity index (χ4n) is 3.30. The normalized spacial score (nSPS) is 18.5. The molecule has 1 saturated carbocycles. The lowest BCUT2D eigenvalue weighted by atomic mass is 9.79. The molecule has 1 heterocycles. The summed E-state index contributed by atoms with van der Waals surface area (Å²) in [6.07, 6.45) is 5.35. The second-order valence-corrected chi connectivity index (χ2v) is 7.12. The average molecular weight is 364 g/mol. The van der Waals surface area contributed by atoms with Gasteiger partial charge in [-0.15, -0.1) is 0 Å². The molecule has 0 aliphatic heterocycles. The van der Waals surface area contributed by atoms with Crippen LogP contribution < -0.4 is 5.32 Å². The first-order valence-electron chi connectivity index (χ1n) is 7.90. The summed E-state index contributed by atoms with van der Waals surface area (Å²) in [5, 5.41) is 7.42. The number of benzene rings is 1. The molecule has 0 bridgehead atoms. The van der Waals surface area contributed by atoms with Gasteiger partial charge in [0.25, 0.3) is 0 Å². The van der Waals surface area contributed by atoms with Crippen LogP contribution in [0.4, 0.5) is 0 Å². The number of hydrogen-bond acceptors (Lipinski definition) is 4. The van der Waals surface area contributed by atoms with Crippen LogP contribution >= 0.6 is 15.9 Å². The van der Waals surface area contributed by atoms with Gasteiger partial charge in [-0.05, 0) is 44.5 Å². The van der Waals surface area contributed by atoms with E-state index in [9.17, 15) is 0 Å². The molecule has 1 atom stereocenters. The highest BCUT2D eigenvalue weighted by Gasteiger charge is 2.42. The monoisotopic (exact) mass is 363 g/mol. The predicted octanol–water partition coefficient (Wildman–Crippen LogP) is 3.84. The van der Waals surface area contributed by atoms with Crippen molar-refractivity contribution in [2.75, 3.05) is 7.05 Å². The molecule has 1 aromatic carbocycles. The number of halogens is 1. The summed E-state index contributed by atoms with van der Waals surface area (Å²) < 4.78 is 6.78. The van der Waals surface area contributed by atoms with Crippen molar-refractivity contribution in [1.82, 2.24) is 15.5 Å². The Balaban J connectivity index is 1.95. The Kier molecular flexibility index (Phi) is 4.64. The minimum atomic E-state index is -0.113.